The highest BCUT2D eigenvalue weighted by atomic mass is 35.5. The molecule has 2 aliphatic rings. The summed E-state index contributed by atoms with van der Waals surface area (Å²) in [5.41, 5.74) is 7.57. The van der Waals surface area contributed by atoms with E-state index in [1.54, 1.807) is 24.5 Å². The molecule has 1 aliphatic heterocycles. The van der Waals surface area contributed by atoms with Gasteiger partial charge in [-0.1, -0.05) is 29.3 Å². The molecule has 2 atom stereocenters. The van der Waals surface area contributed by atoms with Crippen LogP contribution in [0.4, 0.5) is 8.78 Å². The molecule has 5 rings (SSSR count). The molecule has 2 aromatic heterocycles. The van der Waals surface area contributed by atoms with Crippen molar-refractivity contribution in [1.29, 1.82) is 0 Å². The van der Waals surface area contributed by atoms with Gasteiger partial charge in [0.2, 0.25) is 0 Å². The molecule has 244 valence electrons. The Kier molecular flexibility index (Phi) is 13.5. The number of nitrogens with one attached hydrogen (secondary N) is 1. The number of pyridine rings is 2. The van der Waals surface area contributed by atoms with Gasteiger partial charge >= 0.3 is 12.6 Å². The number of H-pyrrole nitrogens is 1. The van der Waals surface area contributed by atoms with E-state index in [0.29, 0.717) is 46.0 Å². The summed E-state index contributed by atoms with van der Waals surface area (Å²) in [7, 11) is 0. The quantitative estimate of drug-likeness (QED) is 0.256. The van der Waals surface area contributed by atoms with Crippen molar-refractivity contribution in [3.63, 3.8) is 0 Å². The topological polar surface area (TPSA) is 148 Å². The van der Waals surface area contributed by atoms with Gasteiger partial charge in [0.05, 0.1) is 6.61 Å². The van der Waals surface area contributed by atoms with Crippen LogP contribution >= 0.6 is 48.5 Å². The van der Waals surface area contributed by atoms with Crippen LogP contribution in [0.25, 0.3) is 0 Å². The number of carbonyl (C=O) groups excluding carboxylic acids is 2. The van der Waals surface area contributed by atoms with Crippen LogP contribution in [0.5, 0.6) is 11.5 Å². The fraction of sp³-hybridized carbons (Fsp3) is 0.379. The van der Waals surface area contributed by atoms with Crippen LogP contribution in [-0.4, -0.2) is 58.1 Å². The minimum atomic E-state index is -3.05. The number of esters is 1. The Morgan fingerprint density at radius 3 is 2.53 bits per heavy atom. The molecule has 0 spiro atoms. The highest BCUT2D eigenvalue weighted by Crippen LogP contribution is 2.38. The van der Waals surface area contributed by atoms with Crippen molar-refractivity contribution in [3.05, 3.63) is 81.4 Å². The van der Waals surface area contributed by atoms with E-state index >= 15 is 0 Å². The highest BCUT2D eigenvalue weighted by molar-refractivity contribution is 8.00. The summed E-state index contributed by atoms with van der Waals surface area (Å²) in [5, 5.41) is -0.316. The molecule has 1 aromatic carbocycles. The number of ether oxygens (including phenoxy) is 3. The number of amides is 1. The Labute approximate surface area is 279 Å². The van der Waals surface area contributed by atoms with Crippen molar-refractivity contribution in [1.82, 2.24) is 9.88 Å². The molecule has 1 aliphatic carbocycles. The molecule has 0 bridgehead atoms. The normalized spacial score (nSPS) is 16.4. The highest BCUT2D eigenvalue weighted by Gasteiger charge is 2.38. The van der Waals surface area contributed by atoms with Crippen LogP contribution in [0.3, 0.4) is 0 Å². The van der Waals surface area contributed by atoms with Crippen LogP contribution in [0.15, 0.2) is 48.9 Å². The lowest BCUT2D eigenvalue weighted by molar-refractivity contribution is -0.377. The molecule has 1 unspecified atom stereocenters. The summed E-state index contributed by atoms with van der Waals surface area (Å²) < 4.78 is 42.8. The number of hydrogen-bond acceptors (Lipinski definition) is 9. The van der Waals surface area contributed by atoms with Gasteiger partial charge in [-0.3, -0.25) is 9.78 Å². The summed E-state index contributed by atoms with van der Waals surface area (Å²) in [6.07, 6.45) is 5.66. The number of carbonyl (C=O) groups is 2. The van der Waals surface area contributed by atoms with E-state index in [-0.39, 0.29) is 49.1 Å². The zero-order chi connectivity index (χ0) is 30.5. The number of aromatic amines is 1. The third-order valence-electron chi connectivity index (χ3n) is 7.00. The molecule has 4 N–H and O–H groups in total. The molecule has 1 saturated heterocycles. The average molecular weight is 706 g/mol. The van der Waals surface area contributed by atoms with Gasteiger partial charge in [-0.2, -0.15) is 22.3 Å². The predicted octanol–water partition coefficient (Wildman–Crippen LogP) is 5.03. The molecule has 0 radical (unpaired) electrons. The number of hydrogen-bond donors (Lipinski definition) is 1. The third-order valence-corrected chi connectivity index (χ3v) is 8.86. The van der Waals surface area contributed by atoms with Crippen LogP contribution in [-0.2, 0) is 22.5 Å². The number of alkyl halides is 2. The number of thioether (sulfide) groups is 1. The Hall–Kier alpha value is -2.88. The standard InChI is InChI=1S/C29H28Cl2F2N4O5S.H2O.H2S/c30-20-13-35-14-21(31)19(20)11-24(18-3-4-23(42-29(32)33)25(10-18)40-15-16-1-2-16)41-28(39)27-37(7-8-43-27)26(38)22-9-17(12-34)5-6-36-22;;/h3-6,9-10,13-14,16,24,27,29H,1-2,7-8,11-12,15,34H2;2*1H2/t24-,27?;;/m0../s1. The zero-order valence-electron chi connectivity index (χ0n) is 23.8. The predicted molar refractivity (Wildman–Crippen MR) is 169 cm³/mol. The van der Waals surface area contributed by atoms with E-state index in [9.17, 15) is 18.4 Å². The minimum Gasteiger partial charge on any atom is -0.870 e. The molecule has 45 heavy (non-hydrogen) atoms. The Bertz CT molecular complexity index is 1470. The summed E-state index contributed by atoms with van der Waals surface area (Å²) in [5.74, 6) is -0.269. The number of nitrogens with zero attached hydrogens (tertiary/aromatic N) is 2. The van der Waals surface area contributed by atoms with Crippen molar-refractivity contribution in [2.75, 3.05) is 18.9 Å². The average Bonchev–Trinajstić information content (AvgIpc) is 3.70. The third kappa shape index (κ3) is 9.33. The van der Waals surface area contributed by atoms with E-state index in [4.69, 9.17) is 38.4 Å². The van der Waals surface area contributed by atoms with Crippen molar-refractivity contribution >= 4 is 60.3 Å². The maximum absolute atomic E-state index is 13.7. The van der Waals surface area contributed by atoms with Crippen LogP contribution in [0, 0.1) is 5.92 Å². The second-order valence-corrected chi connectivity index (χ2v) is 12.1. The molecule has 2 fully saturated rings. The van der Waals surface area contributed by atoms with E-state index in [2.05, 4.69) is 14.7 Å². The van der Waals surface area contributed by atoms with E-state index < -0.39 is 30.0 Å². The number of rotatable bonds is 12. The maximum atomic E-state index is 13.7. The monoisotopic (exact) mass is 704 g/mol. The van der Waals surface area contributed by atoms with E-state index in [0.717, 1.165) is 18.4 Å². The van der Waals surface area contributed by atoms with Crippen LogP contribution in [0.2, 0.25) is 10.0 Å². The maximum Gasteiger partial charge on any atom is 0.387 e. The zero-order valence-corrected chi connectivity index (χ0v) is 27.1. The van der Waals surface area contributed by atoms with Crippen molar-refractivity contribution in [2.24, 2.45) is 11.7 Å². The smallest absolute Gasteiger partial charge is 0.387 e. The fourth-order valence-electron chi connectivity index (χ4n) is 4.54. The van der Waals surface area contributed by atoms with Gasteiger partial charge in [-0.15, -0.1) is 11.8 Å². The van der Waals surface area contributed by atoms with Gasteiger partial charge in [0.25, 0.3) is 5.91 Å². The first-order chi connectivity index (χ1) is 20.7. The first-order valence-electron chi connectivity index (χ1n) is 13.6. The molecular weight excluding hydrogens is 673 g/mol. The van der Waals surface area contributed by atoms with Gasteiger partial charge in [-0.25, -0.2) is 9.78 Å². The van der Waals surface area contributed by atoms with Crippen molar-refractivity contribution < 1.29 is 43.0 Å². The number of aromatic nitrogens is 2. The Morgan fingerprint density at radius 1 is 1.13 bits per heavy atom. The van der Waals surface area contributed by atoms with Crippen LogP contribution in [0.1, 0.15) is 46.1 Å². The fourth-order valence-corrected chi connectivity index (χ4v) is 6.17. The Balaban J connectivity index is 0.00000276. The van der Waals surface area contributed by atoms with Crippen molar-refractivity contribution in [2.45, 2.75) is 43.9 Å². The summed E-state index contributed by atoms with van der Waals surface area (Å²) in [6, 6.07) is 7.69. The van der Waals surface area contributed by atoms with Gasteiger partial charge in [-0.05, 0) is 54.2 Å². The first-order valence-corrected chi connectivity index (χ1v) is 15.4. The molecule has 1 saturated carbocycles. The lowest BCUT2D eigenvalue weighted by atomic mass is 10.0. The van der Waals surface area contributed by atoms with E-state index in [1.165, 1.54) is 41.1 Å². The van der Waals surface area contributed by atoms with Gasteiger partial charge < -0.3 is 30.3 Å². The molecule has 3 aromatic rings. The van der Waals surface area contributed by atoms with Gasteiger partial charge in [0.1, 0.15) is 21.8 Å². The number of nitrogens with two attached hydrogens (primary N) is 1. The molecule has 3 heterocycles. The molecule has 16 heteroatoms. The lowest BCUT2D eigenvalue weighted by Gasteiger charge is -2.26. The van der Waals surface area contributed by atoms with E-state index in [1.807, 2.05) is 0 Å². The molecule has 10 nitrogen and oxygen atoms in total. The summed E-state index contributed by atoms with van der Waals surface area (Å²) >= 11 is 14.1. The largest absolute Gasteiger partial charge is 0.870 e. The lowest BCUT2D eigenvalue weighted by Crippen LogP contribution is -2.41. The van der Waals surface area contributed by atoms with Crippen molar-refractivity contribution in [3.8, 4) is 11.5 Å². The first kappa shape index (κ1) is 36.6. The second kappa shape index (κ2) is 16.6. The number of benzene rings is 1. The summed E-state index contributed by atoms with van der Waals surface area (Å²) in [4.78, 5) is 35.4. The minimum absolute atomic E-state index is 0. The Morgan fingerprint density at radius 2 is 1.87 bits per heavy atom. The van der Waals surface area contributed by atoms with Crippen LogP contribution < -0.4 is 20.2 Å². The number of halogens is 4. The SMILES string of the molecule is NCc1ccnc(C(=O)N2CCSC2C(=O)O[C@@H](Cc2c(Cl)c[nH+]cc2Cl)c2ccc(OC(F)F)c(OCC3CC3)c2)c1.S.[OH-]. The molecular formula is C29H32Cl2F2N4O6S2. The second-order valence-electron chi connectivity index (χ2n) is 10.1. The molecule has 1 amide bonds. The summed E-state index contributed by atoms with van der Waals surface area (Å²) in [6.45, 7) is -2.16. The van der Waals surface area contributed by atoms with Gasteiger partial charge in [0, 0.05) is 37.0 Å². The van der Waals surface area contributed by atoms with Gasteiger partial charge in [0.15, 0.2) is 29.3 Å².